The Morgan fingerprint density at radius 1 is 1.46 bits per heavy atom. The highest BCUT2D eigenvalue weighted by Gasteiger charge is 2.28. The Morgan fingerprint density at radius 2 is 2.21 bits per heavy atom. The molecule has 1 aromatic heterocycles. The van der Waals surface area contributed by atoms with Crippen molar-refractivity contribution in [2.24, 2.45) is 5.92 Å². The fourth-order valence-electron chi connectivity index (χ4n) is 2.90. The van der Waals surface area contributed by atoms with Crippen molar-refractivity contribution in [3.8, 4) is 0 Å². The summed E-state index contributed by atoms with van der Waals surface area (Å²) in [4.78, 5) is 15.7. The molecule has 0 aliphatic heterocycles. The van der Waals surface area contributed by atoms with Gasteiger partial charge in [-0.1, -0.05) is 6.92 Å². The summed E-state index contributed by atoms with van der Waals surface area (Å²) in [5, 5.41) is 7.79. The number of nitrogens with one attached hydrogen (secondary N) is 2. The van der Waals surface area contributed by atoms with Crippen LogP contribution in [0.5, 0.6) is 0 Å². The molecule has 0 aromatic carbocycles. The molecule has 1 aliphatic rings. The van der Waals surface area contributed by atoms with Crippen LogP contribution in [-0.2, 0) is 17.6 Å². The predicted octanol–water partition coefficient (Wildman–Crippen LogP) is 2.90. The first kappa shape index (κ1) is 19.1. The molecule has 134 valence electrons. The van der Waals surface area contributed by atoms with Crippen LogP contribution >= 0.6 is 23.6 Å². The summed E-state index contributed by atoms with van der Waals surface area (Å²) in [5.41, 5.74) is 1.81. The third-order valence-electron chi connectivity index (χ3n) is 4.20. The van der Waals surface area contributed by atoms with E-state index in [1.165, 1.54) is 12.0 Å². The minimum atomic E-state index is -0.278. The van der Waals surface area contributed by atoms with Crippen LogP contribution < -0.4 is 10.6 Å². The zero-order valence-corrected chi connectivity index (χ0v) is 16.5. The van der Waals surface area contributed by atoms with Gasteiger partial charge in [0.15, 0.2) is 5.11 Å². The first-order chi connectivity index (χ1) is 11.4. The Labute approximate surface area is 153 Å². The summed E-state index contributed by atoms with van der Waals surface area (Å²) >= 11 is 7.01. The smallest absolute Gasteiger partial charge is 0.341 e. The van der Waals surface area contributed by atoms with E-state index in [0.717, 1.165) is 49.3 Å². The number of hydrogen-bond acceptors (Lipinski definition) is 5. The third-order valence-corrected chi connectivity index (χ3v) is 5.61. The van der Waals surface area contributed by atoms with Gasteiger partial charge in [0.1, 0.15) is 5.00 Å². The first-order valence-electron chi connectivity index (χ1n) is 8.34. The summed E-state index contributed by atoms with van der Waals surface area (Å²) in [6.45, 7) is 4.07. The maximum Gasteiger partial charge on any atom is 0.341 e. The van der Waals surface area contributed by atoms with Crippen LogP contribution in [0.25, 0.3) is 0 Å². The predicted molar refractivity (Wildman–Crippen MR) is 104 cm³/mol. The van der Waals surface area contributed by atoms with Crippen LogP contribution in [0.3, 0.4) is 0 Å². The van der Waals surface area contributed by atoms with Crippen LogP contribution in [0.4, 0.5) is 5.00 Å². The number of ether oxygens (including phenoxy) is 1. The Morgan fingerprint density at radius 3 is 2.88 bits per heavy atom. The van der Waals surface area contributed by atoms with E-state index in [2.05, 4.69) is 36.6 Å². The van der Waals surface area contributed by atoms with E-state index in [-0.39, 0.29) is 5.97 Å². The highest BCUT2D eigenvalue weighted by Crippen LogP contribution is 2.39. The van der Waals surface area contributed by atoms with Crippen molar-refractivity contribution in [2.75, 3.05) is 39.6 Å². The molecule has 7 heteroatoms. The standard InChI is InChI=1S/C17H27N3O2S2/c1-11-6-7-12-13(10-11)24-15(14(12)16(21)22-4)19-17(23)18-8-5-9-20(2)3/h11H,5-10H2,1-4H3,(H2,18,19,23). The summed E-state index contributed by atoms with van der Waals surface area (Å²) in [6.07, 6.45) is 4.08. The van der Waals surface area contributed by atoms with Gasteiger partial charge in [0.25, 0.3) is 0 Å². The van der Waals surface area contributed by atoms with Crippen molar-refractivity contribution in [1.29, 1.82) is 0 Å². The number of carbonyl (C=O) groups excluding carboxylic acids is 1. The molecule has 2 rings (SSSR count). The van der Waals surface area contributed by atoms with Crippen molar-refractivity contribution in [2.45, 2.75) is 32.6 Å². The van der Waals surface area contributed by atoms with Gasteiger partial charge in [-0.2, -0.15) is 0 Å². The number of carbonyl (C=O) groups is 1. The third kappa shape index (κ3) is 4.91. The Kier molecular flexibility index (Phi) is 7.01. The Hall–Kier alpha value is -1.18. The first-order valence-corrected chi connectivity index (χ1v) is 9.57. The van der Waals surface area contributed by atoms with Gasteiger partial charge in [-0.05, 0) is 70.0 Å². The molecule has 0 amide bonds. The monoisotopic (exact) mass is 369 g/mol. The van der Waals surface area contributed by atoms with Crippen molar-refractivity contribution >= 4 is 39.6 Å². The van der Waals surface area contributed by atoms with Gasteiger partial charge < -0.3 is 20.3 Å². The van der Waals surface area contributed by atoms with Gasteiger partial charge in [0.05, 0.1) is 12.7 Å². The van der Waals surface area contributed by atoms with Crippen LogP contribution in [0.2, 0.25) is 0 Å². The molecule has 0 spiro atoms. The number of nitrogens with zero attached hydrogens (tertiary/aromatic N) is 1. The minimum Gasteiger partial charge on any atom is -0.465 e. The molecule has 2 N–H and O–H groups in total. The van der Waals surface area contributed by atoms with Crippen molar-refractivity contribution in [3.05, 3.63) is 16.0 Å². The summed E-state index contributed by atoms with van der Waals surface area (Å²) < 4.78 is 4.99. The molecule has 24 heavy (non-hydrogen) atoms. The lowest BCUT2D eigenvalue weighted by Gasteiger charge is -2.18. The molecule has 1 heterocycles. The van der Waals surface area contributed by atoms with Crippen molar-refractivity contribution in [1.82, 2.24) is 10.2 Å². The molecule has 0 saturated heterocycles. The zero-order chi connectivity index (χ0) is 17.7. The van der Waals surface area contributed by atoms with Gasteiger partial charge in [-0.3, -0.25) is 0 Å². The topological polar surface area (TPSA) is 53.6 Å². The number of thiocarbonyl (C=S) groups is 1. The molecule has 1 aromatic rings. The number of esters is 1. The molecule has 0 radical (unpaired) electrons. The zero-order valence-electron chi connectivity index (χ0n) is 14.9. The molecular weight excluding hydrogens is 342 g/mol. The lowest BCUT2D eigenvalue weighted by molar-refractivity contribution is 0.0601. The fourth-order valence-corrected chi connectivity index (χ4v) is 4.57. The SMILES string of the molecule is COC(=O)c1c(NC(=S)NCCCN(C)C)sc2c1CCC(C)C2. The van der Waals surface area contributed by atoms with Gasteiger partial charge in [0, 0.05) is 11.4 Å². The molecule has 0 saturated carbocycles. The molecule has 0 fully saturated rings. The van der Waals surface area contributed by atoms with Crippen LogP contribution in [0.1, 0.15) is 40.6 Å². The molecule has 1 unspecified atom stereocenters. The fraction of sp³-hybridized carbons (Fsp3) is 0.647. The molecule has 1 atom stereocenters. The average molecular weight is 370 g/mol. The molecule has 5 nitrogen and oxygen atoms in total. The van der Waals surface area contributed by atoms with E-state index in [0.29, 0.717) is 16.6 Å². The van der Waals surface area contributed by atoms with E-state index < -0.39 is 0 Å². The van der Waals surface area contributed by atoms with Gasteiger partial charge in [-0.15, -0.1) is 11.3 Å². The van der Waals surface area contributed by atoms with E-state index in [1.807, 2.05) is 0 Å². The second-order valence-corrected chi connectivity index (χ2v) is 8.10. The van der Waals surface area contributed by atoms with Crippen LogP contribution in [0, 0.1) is 5.92 Å². The lowest BCUT2D eigenvalue weighted by Crippen LogP contribution is -2.31. The average Bonchev–Trinajstić information content (AvgIpc) is 2.87. The lowest BCUT2D eigenvalue weighted by atomic mass is 9.88. The van der Waals surface area contributed by atoms with Crippen LogP contribution in [-0.4, -0.2) is 50.3 Å². The highest BCUT2D eigenvalue weighted by molar-refractivity contribution is 7.80. The molecular formula is C17H27N3O2S2. The maximum absolute atomic E-state index is 12.2. The summed E-state index contributed by atoms with van der Waals surface area (Å²) in [6, 6.07) is 0. The summed E-state index contributed by atoms with van der Waals surface area (Å²) in [5.74, 6) is 0.380. The largest absolute Gasteiger partial charge is 0.465 e. The highest BCUT2D eigenvalue weighted by atomic mass is 32.1. The van der Waals surface area contributed by atoms with E-state index >= 15 is 0 Å². The maximum atomic E-state index is 12.2. The Balaban J connectivity index is 2.06. The number of fused-ring (bicyclic) bond motifs is 1. The number of rotatable bonds is 6. The minimum absolute atomic E-state index is 0.278. The normalized spacial score (nSPS) is 16.6. The van der Waals surface area contributed by atoms with Crippen molar-refractivity contribution in [3.63, 3.8) is 0 Å². The number of anilines is 1. The summed E-state index contributed by atoms with van der Waals surface area (Å²) in [7, 11) is 5.53. The number of hydrogen-bond donors (Lipinski definition) is 2. The second-order valence-electron chi connectivity index (χ2n) is 6.59. The Bertz CT molecular complexity index is 599. The molecule has 1 aliphatic carbocycles. The van der Waals surface area contributed by atoms with Gasteiger partial charge in [-0.25, -0.2) is 4.79 Å². The quantitative estimate of drug-likeness (QED) is 0.457. The number of thiophene rings is 1. The van der Waals surface area contributed by atoms with Gasteiger partial charge in [0.2, 0.25) is 0 Å². The van der Waals surface area contributed by atoms with Gasteiger partial charge >= 0.3 is 5.97 Å². The van der Waals surface area contributed by atoms with E-state index in [1.54, 1.807) is 11.3 Å². The molecule has 0 bridgehead atoms. The van der Waals surface area contributed by atoms with E-state index in [9.17, 15) is 4.79 Å². The second kappa shape index (κ2) is 8.78. The number of methoxy groups -OCH3 is 1. The van der Waals surface area contributed by atoms with E-state index in [4.69, 9.17) is 17.0 Å². The van der Waals surface area contributed by atoms with Crippen molar-refractivity contribution < 1.29 is 9.53 Å². The van der Waals surface area contributed by atoms with Crippen LogP contribution in [0.15, 0.2) is 0 Å².